The fraction of sp³-hybridized carbons (Fsp3) is 0.588. The van der Waals surface area contributed by atoms with Crippen LogP contribution in [0.2, 0.25) is 5.02 Å². The van der Waals surface area contributed by atoms with Crippen LogP contribution in [0.5, 0.6) is 0 Å². The third kappa shape index (κ3) is 6.29. The van der Waals surface area contributed by atoms with Gasteiger partial charge in [0.1, 0.15) is 0 Å². The summed E-state index contributed by atoms with van der Waals surface area (Å²) in [5.74, 6) is 1.01. The van der Waals surface area contributed by atoms with E-state index in [2.05, 4.69) is 28.2 Å². The van der Waals surface area contributed by atoms with Gasteiger partial charge in [-0.15, -0.1) is 24.0 Å². The van der Waals surface area contributed by atoms with E-state index in [0.29, 0.717) is 18.5 Å². The number of benzene rings is 1. The van der Waals surface area contributed by atoms with Gasteiger partial charge in [0.25, 0.3) is 0 Å². The molecule has 0 radical (unpaired) electrons. The molecule has 1 heterocycles. The highest BCUT2D eigenvalue weighted by molar-refractivity contribution is 14.0. The van der Waals surface area contributed by atoms with Gasteiger partial charge in [-0.3, -0.25) is 4.99 Å². The number of anilines is 1. The summed E-state index contributed by atoms with van der Waals surface area (Å²) < 4.78 is 5.08. The number of rotatable bonds is 6. The predicted octanol–water partition coefficient (Wildman–Crippen LogP) is 3.03. The molecule has 1 aliphatic heterocycles. The van der Waals surface area contributed by atoms with E-state index >= 15 is 0 Å². The predicted molar refractivity (Wildman–Crippen MR) is 113 cm³/mol. The molecule has 1 aromatic carbocycles. The van der Waals surface area contributed by atoms with Crippen LogP contribution in [-0.2, 0) is 4.74 Å². The molecule has 1 fully saturated rings. The number of hydrogen-bond acceptors (Lipinski definition) is 3. The fourth-order valence-corrected chi connectivity index (χ4v) is 3.11. The van der Waals surface area contributed by atoms with Crippen molar-refractivity contribution in [1.82, 2.24) is 5.32 Å². The molecule has 24 heavy (non-hydrogen) atoms. The number of nitrogens with zero attached hydrogens (tertiary/aromatic N) is 2. The normalized spacial score (nSPS) is 19.1. The minimum Gasteiger partial charge on any atom is -0.383 e. The van der Waals surface area contributed by atoms with Gasteiger partial charge < -0.3 is 20.7 Å². The Balaban J connectivity index is 0.00000288. The lowest BCUT2D eigenvalue weighted by Gasteiger charge is -2.21. The number of aryl methyl sites for hydroxylation is 1. The van der Waals surface area contributed by atoms with Gasteiger partial charge in [-0.05, 0) is 43.9 Å². The largest absolute Gasteiger partial charge is 0.383 e. The van der Waals surface area contributed by atoms with E-state index in [1.807, 2.05) is 19.1 Å². The second-order valence-corrected chi connectivity index (χ2v) is 6.69. The first-order valence-corrected chi connectivity index (χ1v) is 8.44. The molecule has 2 rings (SSSR count). The first kappa shape index (κ1) is 21.3. The topological polar surface area (TPSA) is 62.9 Å². The van der Waals surface area contributed by atoms with Crippen molar-refractivity contribution in [3.63, 3.8) is 0 Å². The molecule has 7 heteroatoms. The Kier molecular flexibility index (Phi) is 9.15. The third-order valence-electron chi connectivity index (χ3n) is 4.13. The van der Waals surface area contributed by atoms with Crippen LogP contribution in [0.15, 0.2) is 23.2 Å². The van der Waals surface area contributed by atoms with Crippen LogP contribution < -0.4 is 16.0 Å². The molecule has 0 amide bonds. The number of nitrogens with one attached hydrogen (secondary N) is 1. The van der Waals surface area contributed by atoms with E-state index in [9.17, 15) is 0 Å². The third-order valence-corrected chi connectivity index (χ3v) is 4.36. The van der Waals surface area contributed by atoms with Crippen molar-refractivity contribution in [3.8, 4) is 0 Å². The Hall–Kier alpha value is -0.730. The summed E-state index contributed by atoms with van der Waals surface area (Å²) in [6.07, 6.45) is 1.12. The van der Waals surface area contributed by atoms with Crippen molar-refractivity contribution >= 4 is 47.2 Å². The minimum absolute atomic E-state index is 0. The quantitative estimate of drug-likeness (QED) is 0.384. The van der Waals surface area contributed by atoms with Crippen molar-refractivity contribution in [2.45, 2.75) is 26.3 Å². The highest BCUT2D eigenvalue weighted by atomic mass is 127. The van der Waals surface area contributed by atoms with E-state index in [4.69, 9.17) is 22.1 Å². The number of nitrogens with two attached hydrogens (primary N) is 1. The summed E-state index contributed by atoms with van der Waals surface area (Å²) in [5, 5.41) is 3.92. The lowest BCUT2D eigenvalue weighted by Crippen LogP contribution is -2.41. The molecule has 0 bridgehead atoms. The van der Waals surface area contributed by atoms with Crippen molar-refractivity contribution in [2.75, 3.05) is 38.3 Å². The first-order valence-electron chi connectivity index (χ1n) is 8.06. The molecular formula is C17H28ClIN4O. The standard InChI is InChI=1S/C17H27ClN4O.HI/c1-12-4-5-15(18)8-16(12)22-7-6-14(10-22)9-20-17(19)21-13(2)11-23-3;/h4-5,8,13-14H,6-7,9-11H2,1-3H3,(H3,19,20,21);1H. The average molecular weight is 467 g/mol. The van der Waals surface area contributed by atoms with E-state index in [-0.39, 0.29) is 30.0 Å². The number of guanidine groups is 1. The Bertz CT molecular complexity index is 555. The summed E-state index contributed by atoms with van der Waals surface area (Å²) in [5.41, 5.74) is 8.41. The van der Waals surface area contributed by atoms with Crippen LogP contribution in [-0.4, -0.2) is 45.4 Å². The maximum absolute atomic E-state index is 6.12. The van der Waals surface area contributed by atoms with Gasteiger partial charge >= 0.3 is 0 Å². The van der Waals surface area contributed by atoms with Crippen LogP contribution in [0.25, 0.3) is 0 Å². The zero-order valence-electron chi connectivity index (χ0n) is 14.6. The fourth-order valence-electron chi connectivity index (χ4n) is 2.94. The van der Waals surface area contributed by atoms with Crippen molar-refractivity contribution in [1.29, 1.82) is 0 Å². The molecule has 0 aromatic heterocycles. The van der Waals surface area contributed by atoms with E-state index < -0.39 is 0 Å². The Morgan fingerprint density at radius 1 is 1.54 bits per heavy atom. The summed E-state index contributed by atoms with van der Waals surface area (Å²) in [7, 11) is 1.68. The van der Waals surface area contributed by atoms with Gasteiger partial charge in [0, 0.05) is 43.5 Å². The maximum Gasteiger partial charge on any atom is 0.188 e. The van der Waals surface area contributed by atoms with Gasteiger partial charge in [-0.2, -0.15) is 0 Å². The number of methoxy groups -OCH3 is 1. The van der Waals surface area contributed by atoms with Gasteiger partial charge in [0.05, 0.1) is 6.61 Å². The lowest BCUT2D eigenvalue weighted by molar-refractivity contribution is 0.179. The molecule has 1 aromatic rings. The molecule has 5 nitrogen and oxygen atoms in total. The number of aliphatic imine (C=N–C) groups is 1. The van der Waals surface area contributed by atoms with Crippen LogP contribution >= 0.6 is 35.6 Å². The number of hydrogen-bond donors (Lipinski definition) is 2. The molecule has 0 saturated carbocycles. The first-order chi connectivity index (χ1) is 11.0. The Labute approximate surface area is 167 Å². The molecule has 1 aliphatic rings. The summed E-state index contributed by atoms with van der Waals surface area (Å²) in [6.45, 7) is 7.53. The van der Waals surface area contributed by atoms with Crippen LogP contribution in [0.4, 0.5) is 5.69 Å². The van der Waals surface area contributed by atoms with Crippen LogP contribution in [0.1, 0.15) is 18.9 Å². The molecule has 1 saturated heterocycles. The zero-order valence-corrected chi connectivity index (χ0v) is 17.7. The summed E-state index contributed by atoms with van der Waals surface area (Å²) in [6, 6.07) is 6.22. The van der Waals surface area contributed by atoms with Gasteiger partial charge in [-0.1, -0.05) is 17.7 Å². The lowest BCUT2D eigenvalue weighted by atomic mass is 10.1. The molecule has 2 atom stereocenters. The molecule has 0 aliphatic carbocycles. The Morgan fingerprint density at radius 3 is 3.00 bits per heavy atom. The monoisotopic (exact) mass is 466 g/mol. The van der Waals surface area contributed by atoms with Crippen molar-refractivity contribution in [3.05, 3.63) is 28.8 Å². The highest BCUT2D eigenvalue weighted by Crippen LogP contribution is 2.29. The van der Waals surface area contributed by atoms with E-state index in [1.165, 1.54) is 11.3 Å². The smallest absolute Gasteiger partial charge is 0.188 e. The summed E-state index contributed by atoms with van der Waals surface area (Å²) >= 11 is 6.12. The van der Waals surface area contributed by atoms with E-state index in [0.717, 1.165) is 31.1 Å². The minimum atomic E-state index is 0. The van der Waals surface area contributed by atoms with Gasteiger partial charge in [0.2, 0.25) is 0 Å². The highest BCUT2D eigenvalue weighted by Gasteiger charge is 2.23. The van der Waals surface area contributed by atoms with Crippen molar-refractivity contribution < 1.29 is 4.74 Å². The van der Waals surface area contributed by atoms with Crippen LogP contribution in [0.3, 0.4) is 0 Å². The summed E-state index contributed by atoms with van der Waals surface area (Å²) in [4.78, 5) is 6.86. The molecule has 136 valence electrons. The second-order valence-electron chi connectivity index (χ2n) is 6.26. The van der Waals surface area contributed by atoms with E-state index in [1.54, 1.807) is 7.11 Å². The van der Waals surface area contributed by atoms with Gasteiger partial charge in [-0.25, -0.2) is 0 Å². The number of halogens is 2. The second kappa shape index (κ2) is 10.3. The SMILES string of the molecule is COCC(C)NC(N)=NCC1CCN(c2cc(Cl)ccc2C)C1.I. The van der Waals surface area contributed by atoms with Crippen molar-refractivity contribution in [2.24, 2.45) is 16.6 Å². The zero-order chi connectivity index (χ0) is 16.8. The Morgan fingerprint density at radius 2 is 2.29 bits per heavy atom. The molecule has 2 unspecified atom stereocenters. The molecule has 0 spiro atoms. The maximum atomic E-state index is 6.12. The van der Waals surface area contributed by atoms with Crippen LogP contribution in [0, 0.1) is 12.8 Å². The molecule has 3 N–H and O–H groups in total. The number of ether oxygens (including phenoxy) is 1. The van der Waals surface area contributed by atoms with Gasteiger partial charge in [0.15, 0.2) is 5.96 Å². The molecular weight excluding hydrogens is 439 g/mol. The average Bonchev–Trinajstić information content (AvgIpc) is 2.96.